The summed E-state index contributed by atoms with van der Waals surface area (Å²) in [5.41, 5.74) is 0.680. The Kier molecular flexibility index (Phi) is 7.86. The molecule has 4 rings (SSSR count). The SMILES string of the molecule is CCCNC(=O)c1nn(-c2ccccc2)c(Oc2ccc([N+](=O)[O-])cc2S(=O)(=O)N2CCOCC2)c1C. The summed E-state index contributed by atoms with van der Waals surface area (Å²) in [4.78, 5) is 23.2. The molecule has 1 aromatic heterocycles. The molecule has 1 saturated heterocycles. The Morgan fingerprint density at radius 1 is 1.19 bits per heavy atom. The van der Waals surface area contributed by atoms with E-state index in [-0.39, 0.29) is 48.5 Å². The monoisotopic (exact) mass is 529 g/mol. The quantitative estimate of drug-likeness (QED) is 0.329. The van der Waals surface area contributed by atoms with Crippen molar-refractivity contribution in [1.29, 1.82) is 0 Å². The van der Waals surface area contributed by atoms with Gasteiger partial charge in [-0.1, -0.05) is 25.1 Å². The smallest absolute Gasteiger partial charge is 0.272 e. The van der Waals surface area contributed by atoms with Gasteiger partial charge in [-0.25, -0.2) is 8.42 Å². The molecule has 1 N–H and O–H groups in total. The third kappa shape index (κ3) is 5.48. The lowest BCUT2D eigenvalue weighted by Crippen LogP contribution is -2.40. The number of amides is 1. The van der Waals surface area contributed by atoms with E-state index in [2.05, 4.69) is 10.4 Å². The van der Waals surface area contributed by atoms with Gasteiger partial charge in [-0.3, -0.25) is 14.9 Å². The molecule has 3 aromatic rings. The van der Waals surface area contributed by atoms with Crippen LogP contribution in [0, 0.1) is 17.0 Å². The van der Waals surface area contributed by atoms with Crippen LogP contribution in [-0.4, -0.2) is 66.2 Å². The third-order valence-electron chi connectivity index (χ3n) is 5.75. The molecule has 196 valence electrons. The van der Waals surface area contributed by atoms with Crippen LogP contribution in [0.3, 0.4) is 0 Å². The molecule has 2 aromatic carbocycles. The summed E-state index contributed by atoms with van der Waals surface area (Å²) in [6.07, 6.45) is 0.735. The van der Waals surface area contributed by atoms with Crippen molar-refractivity contribution in [2.75, 3.05) is 32.8 Å². The minimum absolute atomic E-state index is 0.104. The maximum atomic E-state index is 13.5. The summed E-state index contributed by atoms with van der Waals surface area (Å²) in [5, 5.41) is 18.7. The number of para-hydroxylation sites is 1. The predicted octanol–water partition coefficient (Wildman–Crippen LogP) is 3.04. The van der Waals surface area contributed by atoms with E-state index in [4.69, 9.17) is 9.47 Å². The van der Waals surface area contributed by atoms with Gasteiger partial charge in [-0.15, -0.1) is 0 Å². The van der Waals surface area contributed by atoms with Crippen LogP contribution < -0.4 is 10.1 Å². The first-order valence-electron chi connectivity index (χ1n) is 11.7. The molecule has 0 spiro atoms. The molecule has 0 bridgehead atoms. The Hall–Kier alpha value is -3.81. The van der Waals surface area contributed by atoms with Crippen LogP contribution in [-0.2, 0) is 14.8 Å². The number of morpholine rings is 1. The minimum Gasteiger partial charge on any atom is -0.437 e. The number of aromatic nitrogens is 2. The third-order valence-corrected chi connectivity index (χ3v) is 7.67. The van der Waals surface area contributed by atoms with Gasteiger partial charge >= 0.3 is 0 Å². The predicted molar refractivity (Wildman–Crippen MR) is 134 cm³/mol. The molecule has 12 nitrogen and oxygen atoms in total. The topological polar surface area (TPSA) is 146 Å². The number of hydrogen-bond donors (Lipinski definition) is 1. The number of nitro benzene ring substituents is 1. The molecule has 2 heterocycles. The second kappa shape index (κ2) is 11.1. The Balaban J connectivity index is 1.84. The molecule has 0 unspecified atom stereocenters. The first kappa shape index (κ1) is 26.3. The van der Waals surface area contributed by atoms with Crippen molar-refractivity contribution in [2.24, 2.45) is 0 Å². The molecule has 0 aliphatic carbocycles. The normalized spacial score (nSPS) is 14.3. The number of benzene rings is 2. The standard InChI is InChI=1S/C24H27N5O7S/c1-3-11-25-23(30)22-17(2)24(28(26-22)18-7-5-4-6-8-18)36-20-10-9-19(29(31)32)16-21(20)37(33,34)27-12-14-35-15-13-27/h4-10,16H,3,11-15H2,1-2H3,(H,25,30). The summed E-state index contributed by atoms with van der Waals surface area (Å²) in [5.74, 6) is -0.415. The van der Waals surface area contributed by atoms with E-state index in [1.54, 1.807) is 31.2 Å². The summed E-state index contributed by atoms with van der Waals surface area (Å²) < 4.78 is 41.0. The van der Waals surface area contributed by atoms with E-state index >= 15 is 0 Å². The van der Waals surface area contributed by atoms with E-state index in [0.717, 1.165) is 12.5 Å². The van der Waals surface area contributed by atoms with Gasteiger partial charge in [0.15, 0.2) is 5.69 Å². The highest BCUT2D eigenvalue weighted by Crippen LogP contribution is 2.37. The molecular weight excluding hydrogens is 502 g/mol. The van der Waals surface area contributed by atoms with Gasteiger partial charge in [-0.2, -0.15) is 14.1 Å². The summed E-state index contributed by atoms with van der Waals surface area (Å²) in [6, 6.07) is 12.3. The molecule has 0 radical (unpaired) electrons. The number of carbonyl (C=O) groups excluding carboxylic acids is 1. The van der Waals surface area contributed by atoms with Crippen LogP contribution in [0.5, 0.6) is 11.6 Å². The lowest BCUT2D eigenvalue weighted by molar-refractivity contribution is -0.385. The summed E-state index contributed by atoms with van der Waals surface area (Å²) in [7, 11) is -4.17. The van der Waals surface area contributed by atoms with Crippen LogP contribution in [0.4, 0.5) is 5.69 Å². The molecule has 0 saturated carbocycles. The Bertz CT molecular complexity index is 1400. The van der Waals surface area contributed by atoms with Crippen molar-refractivity contribution >= 4 is 21.6 Å². The fourth-order valence-electron chi connectivity index (χ4n) is 3.81. The number of nitrogens with zero attached hydrogens (tertiary/aromatic N) is 4. The lowest BCUT2D eigenvalue weighted by atomic mass is 10.2. The highest BCUT2D eigenvalue weighted by Gasteiger charge is 2.32. The van der Waals surface area contributed by atoms with Gasteiger partial charge in [-0.05, 0) is 31.5 Å². The summed E-state index contributed by atoms with van der Waals surface area (Å²) in [6.45, 7) is 4.65. The summed E-state index contributed by atoms with van der Waals surface area (Å²) >= 11 is 0. The van der Waals surface area contributed by atoms with Gasteiger partial charge in [0.1, 0.15) is 10.6 Å². The van der Waals surface area contributed by atoms with Crippen LogP contribution >= 0.6 is 0 Å². The van der Waals surface area contributed by atoms with Crippen LogP contribution in [0.15, 0.2) is 53.4 Å². The number of rotatable bonds is 9. The molecular formula is C24H27N5O7S. The zero-order valence-electron chi connectivity index (χ0n) is 20.4. The van der Waals surface area contributed by atoms with E-state index < -0.39 is 26.5 Å². The highest BCUT2D eigenvalue weighted by atomic mass is 32.2. The van der Waals surface area contributed by atoms with Crippen molar-refractivity contribution in [3.8, 4) is 17.3 Å². The molecule has 1 amide bonds. The number of nitrogens with one attached hydrogen (secondary N) is 1. The number of carbonyl (C=O) groups is 1. The van der Waals surface area contributed by atoms with Gasteiger partial charge in [0.25, 0.3) is 11.6 Å². The van der Waals surface area contributed by atoms with Crippen LogP contribution in [0.25, 0.3) is 5.69 Å². The maximum Gasteiger partial charge on any atom is 0.272 e. The van der Waals surface area contributed by atoms with Crippen molar-refractivity contribution in [2.45, 2.75) is 25.2 Å². The largest absolute Gasteiger partial charge is 0.437 e. The molecule has 37 heavy (non-hydrogen) atoms. The second-order valence-corrected chi connectivity index (χ2v) is 10.2. The van der Waals surface area contributed by atoms with E-state index in [9.17, 15) is 23.3 Å². The first-order valence-corrected chi connectivity index (χ1v) is 13.2. The van der Waals surface area contributed by atoms with Crippen molar-refractivity contribution in [1.82, 2.24) is 19.4 Å². The van der Waals surface area contributed by atoms with Gasteiger partial charge < -0.3 is 14.8 Å². The average molecular weight is 530 g/mol. The fourth-order valence-corrected chi connectivity index (χ4v) is 5.35. The van der Waals surface area contributed by atoms with Crippen LogP contribution in [0.1, 0.15) is 29.4 Å². The molecule has 1 fully saturated rings. The molecule has 13 heteroatoms. The minimum atomic E-state index is -4.17. The zero-order chi connectivity index (χ0) is 26.6. The van der Waals surface area contributed by atoms with Gasteiger partial charge in [0.05, 0.1) is 23.8 Å². The Labute approximate surface area is 214 Å². The number of nitro groups is 1. The van der Waals surface area contributed by atoms with E-state index in [0.29, 0.717) is 17.8 Å². The van der Waals surface area contributed by atoms with Crippen molar-refractivity contribution in [3.05, 3.63) is 69.9 Å². The van der Waals surface area contributed by atoms with Crippen molar-refractivity contribution in [3.63, 3.8) is 0 Å². The Morgan fingerprint density at radius 3 is 2.54 bits per heavy atom. The molecule has 0 atom stereocenters. The van der Waals surface area contributed by atoms with Crippen molar-refractivity contribution < 1.29 is 27.6 Å². The van der Waals surface area contributed by atoms with Gasteiger partial charge in [0.2, 0.25) is 15.9 Å². The molecule has 1 aliphatic rings. The van der Waals surface area contributed by atoms with E-state index in [1.165, 1.54) is 21.1 Å². The number of sulfonamides is 1. The van der Waals surface area contributed by atoms with Gasteiger partial charge in [0, 0.05) is 37.3 Å². The average Bonchev–Trinajstić information content (AvgIpc) is 3.24. The Morgan fingerprint density at radius 2 is 1.89 bits per heavy atom. The van der Waals surface area contributed by atoms with Crippen LogP contribution in [0.2, 0.25) is 0 Å². The zero-order valence-corrected chi connectivity index (χ0v) is 21.2. The number of ether oxygens (including phenoxy) is 2. The first-order chi connectivity index (χ1) is 17.7. The second-order valence-electron chi connectivity index (χ2n) is 8.29. The number of hydrogen-bond acceptors (Lipinski definition) is 8. The van der Waals surface area contributed by atoms with E-state index in [1.807, 2.05) is 13.0 Å². The maximum absolute atomic E-state index is 13.5. The highest BCUT2D eigenvalue weighted by molar-refractivity contribution is 7.89. The lowest BCUT2D eigenvalue weighted by Gasteiger charge is -2.26. The fraction of sp³-hybridized carbons (Fsp3) is 0.333. The number of non-ortho nitro benzene ring substituents is 1. The molecule has 1 aliphatic heterocycles.